The molecule has 1 atom stereocenters. The number of carbonyl (C=O) groups excluding carboxylic acids is 1. The van der Waals surface area contributed by atoms with Gasteiger partial charge in [0.05, 0.1) is 18.2 Å². The van der Waals surface area contributed by atoms with E-state index in [-0.39, 0.29) is 18.6 Å². The van der Waals surface area contributed by atoms with Gasteiger partial charge in [0.2, 0.25) is 0 Å². The summed E-state index contributed by atoms with van der Waals surface area (Å²) in [5.74, 6) is 0.415. The molecule has 2 heterocycles. The SMILES string of the molecule is Cc1ccc(C2=NN(C(=O)CO/N=C\c3ccccc3C)[C@H](c3ccco3)C2)cc1. The second kappa shape index (κ2) is 8.78. The monoisotopic (exact) mass is 401 g/mol. The summed E-state index contributed by atoms with van der Waals surface area (Å²) in [6.45, 7) is 3.83. The van der Waals surface area contributed by atoms with Crippen LogP contribution < -0.4 is 0 Å². The molecule has 2 aromatic carbocycles. The summed E-state index contributed by atoms with van der Waals surface area (Å²) in [6.07, 6.45) is 3.79. The van der Waals surface area contributed by atoms with Crippen LogP contribution in [0, 0.1) is 13.8 Å². The Hall–Kier alpha value is -3.67. The molecule has 0 spiro atoms. The van der Waals surface area contributed by atoms with E-state index in [1.807, 2.05) is 74.5 Å². The van der Waals surface area contributed by atoms with Crippen molar-refractivity contribution in [2.75, 3.05) is 6.61 Å². The van der Waals surface area contributed by atoms with Crippen LogP contribution in [0.5, 0.6) is 0 Å². The molecule has 0 bridgehead atoms. The van der Waals surface area contributed by atoms with E-state index < -0.39 is 0 Å². The number of carbonyl (C=O) groups is 1. The van der Waals surface area contributed by atoms with Gasteiger partial charge in [-0.2, -0.15) is 5.10 Å². The van der Waals surface area contributed by atoms with E-state index in [0.29, 0.717) is 12.2 Å². The van der Waals surface area contributed by atoms with Crippen LogP contribution in [-0.2, 0) is 9.63 Å². The van der Waals surface area contributed by atoms with Gasteiger partial charge in [0.15, 0.2) is 6.61 Å². The van der Waals surface area contributed by atoms with Crippen molar-refractivity contribution in [1.29, 1.82) is 0 Å². The highest BCUT2D eigenvalue weighted by molar-refractivity contribution is 6.03. The maximum Gasteiger partial charge on any atom is 0.284 e. The van der Waals surface area contributed by atoms with Gasteiger partial charge < -0.3 is 9.25 Å². The highest BCUT2D eigenvalue weighted by Gasteiger charge is 2.35. The molecule has 1 aliphatic rings. The van der Waals surface area contributed by atoms with Gasteiger partial charge in [-0.05, 0) is 42.7 Å². The van der Waals surface area contributed by atoms with Crippen LogP contribution >= 0.6 is 0 Å². The highest BCUT2D eigenvalue weighted by Crippen LogP contribution is 2.33. The Bertz CT molecular complexity index is 1070. The first-order valence-electron chi connectivity index (χ1n) is 9.83. The summed E-state index contributed by atoms with van der Waals surface area (Å²) in [5.41, 5.74) is 5.03. The van der Waals surface area contributed by atoms with Crippen molar-refractivity contribution in [2.45, 2.75) is 26.3 Å². The molecule has 3 aromatic rings. The minimum Gasteiger partial charge on any atom is -0.467 e. The third-order valence-corrected chi connectivity index (χ3v) is 5.07. The number of hydrazone groups is 1. The Morgan fingerprint density at radius 3 is 2.70 bits per heavy atom. The average Bonchev–Trinajstić information content (AvgIpc) is 3.42. The van der Waals surface area contributed by atoms with Crippen LogP contribution in [0.4, 0.5) is 0 Å². The van der Waals surface area contributed by atoms with E-state index in [2.05, 4.69) is 10.3 Å². The lowest BCUT2D eigenvalue weighted by molar-refractivity contribution is -0.138. The summed E-state index contributed by atoms with van der Waals surface area (Å²) in [7, 11) is 0. The van der Waals surface area contributed by atoms with Gasteiger partial charge in [-0.3, -0.25) is 4.79 Å². The molecule has 6 heteroatoms. The first-order chi connectivity index (χ1) is 14.6. The van der Waals surface area contributed by atoms with E-state index in [1.165, 1.54) is 10.6 Å². The molecule has 1 amide bonds. The molecular weight excluding hydrogens is 378 g/mol. The van der Waals surface area contributed by atoms with Gasteiger partial charge in [-0.25, -0.2) is 5.01 Å². The maximum atomic E-state index is 12.8. The summed E-state index contributed by atoms with van der Waals surface area (Å²) >= 11 is 0. The van der Waals surface area contributed by atoms with Crippen molar-refractivity contribution in [3.8, 4) is 0 Å². The molecule has 0 saturated heterocycles. The molecule has 0 unspecified atom stereocenters. The standard InChI is InChI=1S/C24H23N3O3/c1-17-9-11-19(12-10-17)21-14-22(23-8-5-13-29-23)27(26-21)24(28)16-30-25-15-20-7-4-3-6-18(20)2/h3-13,15,22H,14,16H2,1-2H3/b25-15-/t22-/m0/s1. The summed E-state index contributed by atoms with van der Waals surface area (Å²) in [4.78, 5) is 18.1. The lowest BCUT2D eigenvalue weighted by atomic mass is 10.0. The van der Waals surface area contributed by atoms with Crippen molar-refractivity contribution < 1.29 is 14.0 Å². The Labute approximate surface area is 175 Å². The average molecular weight is 401 g/mol. The molecule has 0 aliphatic carbocycles. The minimum atomic E-state index is -0.298. The molecule has 0 fully saturated rings. The molecule has 6 nitrogen and oxygen atoms in total. The number of furan rings is 1. The highest BCUT2D eigenvalue weighted by atomic mass is 16.6. The quantitative estimate of drug-likeness (QED) is 0.447. The van der Waals surface area contributed by atoms with Gasteiger partial charge in [0.1, 0.15) is 11.8 Å². The van der Waals surface area contributed by atoms with Gasteiger partial charge in [0.25, 0.3) is 5.91 Å². The normalized spacial score (nSPS) is 16.1. The summed E-state index contributed by atoms with van der Waals surface area (Å²) < 4.78 is 5.56. The topological polar surface area (TPSA) is 67.4 Å². The van der Waals surface area contributed by atoms with Crippen LogP contribution in [0.15, 0.2) is 81.6 Å². The lowest BCUT2D eigenvalue weighted by Crippen LogP contribution is -2.29. The van der Waals surface area contributed by atoms with E-state index in [4.69, 9.17) is 9.25 Å². The maximum absolute atomic E-state index is 12.8. The van der Waals surface area contributed by atoms with Crippen LogP contribution in [0.3, 0.4) is 0 Å². The Kier molecular flexibility index (Phi) is 5.75. The molecule has 1 aromatic heterocycles. The lowest BCUT2D eigenvalue weighted by Gasteiger charge is -2.19. The molecule has 152 valence electrons. The zero-order chi connectivity index (χ0) is 20.9. The largest absolute Gasteiger partial charge is 0.467 e. The summed E-state index contributed by atoms with van der Waals surface area (Å²) in [5, 5.41) is 9.97. The molecule has 0 radical (unpaired) electrons. The number of benzene rings is 2. The number of hydrogen-bond donors (Lipinski definition) is 0. The molecule has 30 heavy (non-hydrogen) atoms. The van der Waals surface area contributed by atoms with Crippen LogP contribution in [0.2, 0.25) is 0 Å². The Morgan fingerprint density at radius 2 is 1.97 bits per heavy atom. The summed E-state index contributed by atoms with van der Waals surface area (Å²) in [6, 6.07) is 19.3. The van der Waals surface area contributed by atoms with Crippen LogP contribution in [0.25, 0.3) is 0 Å². The second-order valence-corrected chi connectivity index (χ2v) is 7.25. The zero-order valence-electron chi connectivity index (χ0n) is 17.0. The predicted octanol–water partition coefficient (Wildman–Crippen LogP) is 4.62. The second-order valence-electron chi connectivity index (χ2n) is 7.25. The first kappa shape index (κ1) is 19.6. The van der Waals surface area contributed by atoms with Crippen LogP contribution in [0.1, 0.15) is 40.5 Å². The van der Waals surface area contributed by atoms with Crippen molar-refractivity contribution in [1.82, 2.24) is 5.01 Å². The Balaban J connectivity index is 1.47. The third-order valence-electron chi connectivity index (χ3n) is 5.07. The Morgan fingerprint density at radius 1 is 1.17 bits per heavy atom. The molecule has 4 rings (SSSR count). The number of oxime groups is 1. The first-order valence-corrected chi connectivity index (χ1v) is 9.83. The number of rotatable bonds is 6. The van der Waals surface area contributed by atoms with Gasteiger partial charge in [-0.1, -0.05) is 59.3 Å². The molecule has 1 aliphatic heterocycles. The van der Waals surface area contributed by atoms with E-state index in [0.717, 1.165) is 22.4 Å². The zero-order valence-corrected chi connectivity index (χ0v) is 17.0. The number of hydrogen-bond acceptors (Lipinski definition) is 5. The fourth-order valence-corrected chi connectivity index (χ4v) is 3.35. The van der Waals surface area contributed by atoms with Gasteiger partial charge in [0, 0.05) is 6.42 Å². The van der Waals surface area contributed by atoms with Gasteiger partial charge >= 0.3 is 0 Å². The third kappa shape index (κ3) is 4.33. The van der Waals surface area contributed by atoms with E-state index in [9.17, 15) is 4.79 Å². The van der Waals surface area contributed by atoms with Crippen molar-refractivity contribution in [2.24, 2.45) is 10.3 Å². The molecule has 0 N–H and O–H groups in total. The molecular formula is C24H23N3O3. The predicted molar refractivity (Wildman–Crippen MR) is 115 cm³/mol. The van der Waals surface area contributed by atoms with Crippen molar-refractivity contribution >= 4 is 17.8 Å². The number of nitrogens with zero attached hydrogens (tertiary/aromatic N) is 3. The number of amides is 1. The number of aryl methyl sites for hydroxylation is 2. The van der Waals surface area contributed by atoms with Crippen molar-refractivity contribution in [3.63, 3.8) is 0 Å². The van der Waals surface area contributed by atoms with Crippen LogP contribution in [-0.4, -0.2) is 29.4 Å². The van der Waals surface area contributed by atoms with E-state index in [1.54, 1.807) is 12.5 Å². The fourth-order valence-electron chi connectivity index (χ4n) is 3.35. The van der Waals surface area contributed by atoms with E-state index >= 15 is 0 Å². The smallest absolute Gasteiger partial charge is 0.284 e. The van der Waals surface area contributed by atoms with Gasteiger partial charge in [-0.15, -0.1) is 0 Å². The minimum absolute atomic E-state index is 0.204. The molecule has 0 saturated carbocycles. The van der Waals surface area contributed by atoms with Crippen molar-refractivity contribution in [3.05, 3.63) is 94.9 Å². The fraction of sp³-hybridized carbons (Fsp3) is 0.208.